The predicted octanol–water partition coefficient (Wildman–Crippen LogP) is 4.35. The number of rotatable bonds is 5. The van der Waals surface area contributed by atoms with Crippen LogP contribution in [0.2, 0.25) is 0 Å². The van der Waals surface area contributed by atoms with Crippen LogP contribution >= 0.6 is 0 Å². The number of alkyl halides is 3. The van der Waals surface area contributed by atoms with E-state index in [0.717, 1.165) is 39.0 Å². The summed E-state index contributed by atoms with van der Waals surface area (Å²) in [7, 11) is 0. The van der Waals surface area contributed by atoms with Crippen molar-refractivity contribution in [2.45, 2.75) is 18.6 Å². The maximum Gasteiger partial charge on any atom is 0.490 e. The number of nitrogens with one attached hydrogen (secondary N) is 2. The lowest BCUT2D eigenvalue weighted by molar-refractivity contribution is -0.192. The van der Waals surface area contributed by atoms with Crippen molar-refractivity contribution in [2.75, 3.05) is 0 Å². The number of hydrogen-bond donors (Lipinski definition) is 3. The summed E-state index contributed by atoms with van der Waals surface area (Å²) in [5, 5.41) is 28.9. The number of aromatic nitrogens is 7. The Bertz CT molecular complexity index is 1520. The minimum Gasteiger partial charge on any atom is -0.475 e. The maximum atomic E-state index is 10.6. The fraction of sp³-hybridized carbons (Fsp3) is 0.130. The van der Waals surface area contributed by atoms with Crippen LogP contribution in [0, 0.1) is 11.3 Å². The largest absolute Gasteiger partial charge is 0.490 e. The molecule has 13 heteroatoms. The minimum absolute atomic E-state index is 0.204. The molecule has 10 nitrogen and oxygen atoms in total. The predicted molar refractivity (Wildman–Crippen MR) is 121 cm³/mol. The van der Waals surface area contributed by atoms with Gasteiger partial charge in [0.2, 0.25) is 0 Å². The van der Waals surface area contributed by atoms with Crippen LogP contribution in [0.15, 0.2) is 67.6 Å². The van der Waals surface area contributed by atoms with E-state index in [1.54, 1.807) is 12.4 Å². The first-order valence-electron chi connectivity index (χ1n) is 10.4. The van der Waals surface area contributed by atoms with Gasteiger partial charge in [-0.25, -0.2) is 14.8 Å². The third-order valence-electron chi connectivity index (χ3n) is 5.18. The molecule has 0 radical (unpaired) electrons. The van der Waals surface area contributed by atoms with Crippen LogP contribution in [-0.4, -0.2) is 52.2 Å². The second-order valence-corrected chi connectivity index (χ2v) is 7.46. The highest BCUT2D eigenvalue weighted by atomic mass is 19.4. The van der Waals surface area contributed by atoms with E-state index >= 15 is 0 Å². The molecule has 5 aromatic rings. The standard InChI is InChI=1S/C21H16N8.C2HF3O2/c22-6-4-19(15-3-1-2-14(8-15)16-9-26-27-10-16)29-12-17(11-28-29)20-18-5-7-23-21(18)25-13-24-20;3-2(4,5)1(6)7/h1-3,5,7-13,19H,4H2,(H,26,27)(H,23,24,25);(H,6,7). The van der Waals surface area contributed by atoms with Gasteiger partial charge in [-0.05, 0) is 23.3 Å². The number of nitrogens with zero attached hydrogens (tertiary/aromatic N) is 6. The number of H-pyrrole nitrogens is 2. The van der Waals surface area contributed by atoms with E-state index in [2.05, 4.69) is 42.4 Å². The molecule has 0 amide bonds. The SMILES string of the molecule is N#CCC(c1cccc(-c2cn[nH]c2)c1)n1cc(-c2ncnc3[nH]ccc23)cn1.O=C(O)C(F)(F)F. The molecular formula is C23H17F3N8O2. The van der Waals surface area contributed by atoms with E-state index in [1.165, 1.54) is 6.33 Å². The van der Waals surface area contributed by atoms with Crippen molar-refractivity contribution >= 4 is 17.0 Å². The van der Waals surface area contributed by atoms with Crippen LogP contribution in [0.4, 0.5) is 13.2 Å². The lowest BCUT2D eigenvalue weighted by atomic mass is 9.99. The van der Waals surface area contributed by atoms with Gasteiger partial charge in [0, 0.05) is 35.1 Å². The van der Waals surface area contributed by atoms with Crippen molar-refractivity contribution < 1.29 is 23.1 Å². The summed E-state index contributed by atoms with van der Waals surface area (Å²) in [4.78, 5) is 20.7. The second kappa shape index (κ2) is 10.1. The average molecular weight is 494 g/mol. The number of aliphatic carboxylic acids is 1. The summed E-state index contributed by atoms with van der Waals surface area (Å²) < 4.78 is 33.6. The van der Waals surface area contributed by atoms with Gasteiger partial charge >= 0.3 is 12.1 Å². The summed E-state index contributed by atoms with van der Waals surface area (Å²) in [5.41, 5.74) is 5.52. The maximum absolute atomic E-state index is 10.6. The van der Waals surface area contributed by atoms with Crippen LogP contribution in [0.5, 0.6) is 0 Å². The monoisotopic (exact) mass is 494 g/mol. The number of carboxylic acid groups (broad SMARTS) is 1. The Morgan fingerprint density at radius 3 is 2.67 bits per heavy atom. The zero-order chi connectivity index (χ0) is 25.7. The molecule has 0 aliphatic rings. The smallest absolute Gasteiger partial charge is 0.475 e. The van der Waals surface area contributed by atoms with Gasteiger partial charge < -0.3 is 10.1 Å². The Morgan fingerprint density at radius 1 is 1.17 bits per heavy atom. The molecule has 0 spiro atoms. The van der Waals surface area contributed by atoms with E-state index in [-0.39, 0.29) is 6.04 Å². The summed E-state index contributed by atoms with van der Waals surface area (Å²) >= 11 is 0. The number of hydrogen-bond acceptors (Lipinski definition) is 6. The number of nitriles is 1. The minimum atomic E-state index is -5.08. The highest BCUT2D eigenvalue weighted by Gasteiger charge is 2.38. The molecular weight excluding hydrogens is 477 g/mol. The average Bonchev–Trinajstić information content (AvgIpc) is 3.64. The van der Waals surface area contributed by atoms with Gasteiger partial charge in [-0.2, -0.15) is 28.6 Å². The number of fused-ring (bicyclic) bond motifs is 1. The van der Waals surface area contributed by atoms with E-state index in [1.807, 2.05) is 47.5 Å². The Labute approximate surface area is 201 Å². The topological polar surface area (TPSA) is 149 Å². The molecule has 4 aromatic heterocycles. The summed E-state index contributed by atoms with van der Waals surface area (Å²) in [6.45, 7) is 0. The number of benzene rings is 1. The third kappa shape index (κ3) is 5.22. The van der Waals surface area contributed by atoms with Crippen molar-refractivity contribution in [3.05, 3.63) is 73.2 Å². The number of carbonyl (C=O) groups is 1. The fourth-order valence-electron chi connectivity index (χ4n) is 3.52. The zero-order valence-corrected chi connectivity index (χ0v) is 18.3. The first-order valence-corrected chi connectivity index (χ1v) is 10.4. The quantitative estimate of drug-likeness (QED) is 0.329. The van der Waals surface area contributed by atoms with E-state index < -0.39 is 12.1 Å². The normalized spacial score (nSPS) is 11.9. The summed E-state index contributed by atoms with van der Waals surface area (Å²) in [5.74, 6) is -2.76. The molecule has 0 saturated carbocycles. The first-order chi connectivity index (χ1) is 17.3. The molecule has 36 heavy (non-hydrogen) atoms. The number of halogens is 3. The molecule has 5 rings (SSSR count). The van der Waals surface area contributed by atoms with Crippen molar-refractivity contribution in [3.8, 4) is 28.5 Å². The Balaban J connectivity index is 0.000000384. The van der Waals surface area contributed by atoms with Crippen LogP contribution in [0.1, 0.15) is 18.0 Å². The van der Waals surface area contributed by atoms with Crippen LogP contribution < -0.4 is 0 Å². The van der Waals surface area contributed by atoms with E-state index in [0.29, 0.717) is 6.42 Å². The van der Waals surface area contributed by atoms with Crippen molar-refractivity contribution in [1.29, 1.82) is 5.26 Å². The van der Waals surface area contributed by atoms with Gasteiger partial charge in [0.05, 0.1) is 36.6 Å². The Morgan fingerprint density at radius 2 is 1.97 bits per heavy atom. The van der Waals surface area contributed by atoms with Crippen molar-refractivity contribution in [1.82, 2.24) is 34.9 Å². The molecule has 0 fully saturated rings. The first kappa shape index (κ1) is 24.1. The molecule has 1 atom stereocenters. The summed E-state index contributed by atoms with van der Waals surface area (Å²) in [6.07, 6.45) is 5.93. The molecule has 4 heterocycles. The van der Waals surface area contributed by atoms with Gasteiger partial charge in [-0.1, -0.05) is 18.2 Å². The molecule has 1 aromatic carbocycles. The van der Waals surface area contributed by atoms with Crippen LogP contribution in [0.25, 0.3) is 33.4 Å². The fourth-order valence-corrected chi connectivity index (χ4v) is 3.52. The highest BCUT2D eigenvalue weighted by Crippen LogP contribution is 2.29. The van der Waals surface area contributed by atoms with Crippen LogP contribution in [-0.2, 0) is 4.79 Å². The molecule has 3 N–H and O–H groups in total. The van der Waals surface area contributed by atoms with Crippen molar-refractivity contribution in [2.24, 2.45) is 0 Å². The lowest BCUT2D eigenvalue weighted by Crippen LogP contribution is -2.21. The molecule has 182 valence electrons. The molecule has 0 saturated heterocycles. The third-order valence-corrected chi connectivity index (χ3v) is 5.18. The lowest BCUT2D eigenvalue weighted by Gasteiger charge is -2.16. The summed E-state index contributed by atoms with van der Waals surface area (Å²) in [6, 6.07) is 12.1. The van der Waals surface area contributed by atoms with Gasteiger partial charge in [-0.15, -0.1) is 0 Å². The van der Waals surface area contributed by atoms with Gasteiger partial charge in [0.15, 0.2) is 0 Å². The molecule has 0 bridgehead atoms. The molecule has 0 aliphatic heterocycles. The van der Waals surface area contributed by atoms with Crippen molar-refractivity contribution in [3.63, 3.8) is 0 Å². The Kier molecular flexibility index (Phi) is 6.77. The van der Waals surface area contributed by atoms with Gasteiger partial charge in [0.25, 0.3) is 0 Å². The molecule has 0 aliphatic carbocycles. The van der Waals surface area contributed by atoms with E-state index in [9.17, 15) is 18.4 Å². The highest BCUT2D eigenvalue weighted by molar-refractivity contribution is 5.90. The van der Waals surface area contributed by atoms with Gasteiger partial charge in [-0.3, -0.25) is 9.78 Å². The van der Waals surface area contributed by atoms with Gasteiger partial charge in [0.1, 0.15) is 12.0 Å². The van der Waals surface area contributed by atoms with Crippen LogP contribution in [0.3, 0.4) is 0 Å². The molecule has 1 unspecified atom stereocenters. The Hall–Kier alpha value is -4.99. The zero-order valence-electron chi connectivity index (χ0n) is 18.3. The number of carboxylic acids is 1. The number of aromatic amines is 2. The second-order valence-electron chi connectivity index (χ2n) is 7.46. The van der Waals surface area contributed by atoms with E-state index in [4.69, 9.17) is 9.90 Å².